The van der Waals surface area contributed by atoms with Crippen LogP contribution in [0.1, 0.15) is 24.2 Å². The minimum Gasteiger partial charge on any atom is -0.506 e. The highest BCUT2D eigenvalue weighted by atomic mass is 16.4. The Labute approximate surface area is 102 Å². The quantitative estimate of drug-likeness (QED) is 0.599. The van der Waals surface area contributed by atoms with Crippen molar-refractivity contribution in [1.82, 2.24) is 0 Å². The van der Waals surface area contributed by atoms with Gasteiger partial charge in [-0.2, -0.15) is 0 Å². The number of hydrogen-bond donors (Lipinski definition) is 4. The van der Waals surface area contributed by atoms with Crippen molar-refractivity contribution in [3.8, 4) is 5.75 Å². The molecule has 0 radical (unpaired) electrons. The van der Waals surface area contributed by atoms with E-state index in [1.807, 2.05) is 0 Å². The van der Waals surface area contributed by atoms with Crippen LogP contribution in [0.4, 0.5) is 11.4 Å². The van der Waals surface area contributed by atoms with E-state index >= 15 is 0 Å². The Kier molecular flexibility index (Phi) is 3.88. The monoisotopic (exact) mass is 252 g/mol. The molecule has 0 bridgehead atoms. The zero-order valence-corrected chi connectivity index (χ0v) is 9.77. The Morgan fingerprint density at radius 1 is 1.00 bits per heavy atom. The number of phenolic OH excluding ortho intramolecular Hbond substituents is 1. The van der Waals surface area contributed by atoms with Gasteiger partial charge in [0.1, 0.15) is 11.4 Å². The normalized spacial score (nSPS) is 9.67. The highest BCUT2D eigenvalue weighted by molar-refractivity contribution is 6.07. The lowest BCUT2D eigenvalue weighted by molar-refractivity contribution is -0.115. The summed E-state index contributed by atoms with van der Waals surface area (Å²) in [4.78, 5) is 33.0. The molecule has 0 heterocycles. The summed E-state index contributed by atoms with van der Waals surface area (Å²) >= 11 is 0. The van der Waals surface area contributed by atoms with Gasteiger partial charge >= 0.3 is 5.97 Å². The molecule has 4 N–H and O–H groups in total. The molecule has 18 heavy (non-hydrogen) atoms. The third-order valence-corrected chi connectivity index (χ3v) is 2.02. The number of amides is 2. The van der Waals surface area contributed by atoms with Crippen LogP contribution in [0.2, 0.25) is 0 Å². The van der Waals surface area contributed by atoms with Gasteiger partial charge in [0.15, 0.2) is 0 Å². The third-order valence-electron chi connectivity index (χ3n) is 2.02. The lowest BCUT2D eigenvalue weighted by Gasteiger charge is -2.14. The molecule has 0 aromatic heterocycles. The van der Waals surface area contributed by atoms with Crippen molar-refractivity contribution in [2.75, 3.05) is 10.6 Å². The van der Waals surface area contributed by atoms with Gasteiger partial charge in [-0.15, -0.1) is 0 Å². The van der Waals surface area contributed by atoms with Crippen LogP contribution < -0.4 is 10.6 Å². The first-order valence-corrected chi connectivity index (χ1v) is 4.97. The summed E-state index contributed by atoms with van der Waals surface area (Å²) in [5, 5.41) is 23.1. The largest absolute Gasteiger partial charge is 0.506 e. The maximum atomic E-state index is 11.0. The molecule has 1 rings (SSSR count). The van der Waals surface area contributed by atoms with Crippen molar-refractivity contribution >= 4 is 29.2 Å². The molecule has 0 atom stereocenters. The lowest BCUT2D eigenvalue weighted by Crippen LogP contribution is -2.15. The van der Waals surface area contributed by atoms with E-state index in [2.05, 4.69) is 10.6 Å². The van der Waals surface area contributed by atoms with E-state index in [1.54, 1.807) is 0 Å². The number of carbonyl (C=O) groups excluding carboxylic acids is 2. The molecular formula is C11H12N2O5. The van der Waals surface area contributed by atoms with Gasteiger partial charge in [-0.25, -0.2) is 4.79 Å². The van der Waals surface area contributed by atoms with Crippen LogP contribution in [-0.2, 0) is 9.59 Å². The molecule has 0 aliphatic carbocycles. The van der Waals surface area contributed by atoms with E-state index in [0.717, 1.165) is 12.1 Å². The topological polar surface area (TPSA) is 116 Å². The fourth-order valence-electron chi connectivity index (χ4n) is 1.38. The molecule has 0 aliphatic rings. The van der Waals surface area contributed by atoms with E-state index in [9.17, 15) is 19.5 Å². The highest BCUT2D eigenvalue weighted by Crippen LogP contribution is 2.35. The van der Waals surface area contributed by atoms with Gasteiger partial charge in [0.2, 0.25) is 11.8 Å². The number of rotatable bonds is 3. The Balaban J connectivity index is 3.43. The van der Waals surface area contributed by atoms with Crippen molar-refractivity contribution in [2.24, 2.45) is 0 Å². The summed E-state index contributed by atoms with van der Waals surface area (Å²) < 4.78 is 0. The third kappa shape index (κ3) is 2.97. The second-order valence-electron chi connectivity index (χ2n) is 3.55. The Morgan fingerprint density at radius 2 is 1.50 bits per heavy atom. The van der Waals surface area contributed by atoms with Crippen molar-refractivity contribution in [2.45, 2.75) is 13.8 Å². The Morgan fingerprint density at radius 3 is 1.94 bits per heavy atom. The number of carboxylic acid groups (broad SMARTS) is 1. The molecule has 2 amide bonds. The van der Waals surface area contributed by atoms with Crippen molar-refractivity contribution < 1.29 is 24.6 Å². The van der Waals surface area contributed by atoms with E-state index in [1.165, 1.54) is 13.8 Å². The molecule has 1 aromatic rings. The van der Waals surface area contributed by atoms with Crippen LogP contribution in [0.15, 0.2) is 12.1 Å². The van der Waals surface area contributed by atoms with Gasteiger partial charge in [-0.3, -0.25) is 9.59 Å². The van der Waals surface area contributed by atoms with Gasteiger partial charge in [-0.05, 0) is 12.1 Å². The van der Waals surface area contributed by atoms with Crippen LogP contribution in [-0.4, -0.2) is 28.0 Å². The van der Waals surface area contributed by atoms with Crippen LogP contribution in [0, 0.1) is 0 Å². The summed E-state index contributed by atoms with van der Waals surface area (Å²) in [5.41, 5.74) is -0.519. The van der Waals surface area contributed by atoms with Gasteiger partial charge in [0, 0.05) is 13.8 Å². The maximum absolute atomic E-state index is 11.0. The predicted octanol–water partition coefficient (Wildman–Crippen LogP) is 1.01. The lowest BCUT2D eigenvalue weighted by atomic mass is 10.1. The molecule has 0 saturated heterocycles. The second-order valence-corrected chi connectivity index (χ2v) is 3.55. The van der Waals surface area contributed by atoms with E-state index < -0.39 is 17.8 Å². The van der Waals surface area contributed by atoms with Crippen molar-refractivity contribution in [3.05, 3.63) is 17.7 Å². The summed E-state index contributed by atoms with van der Waals surface area (Å²) in [6.45, 7) is 2.39. The average Bonchev–Trinajstić information content (AvgIpc) is 2.21. The van der Waals surface area contributed by atoms with Crippen LogP contribution in [0.5, 0.6) is 5.75 Å². The van der Waals surface area contributed by atoms with Crippen LogP contribution in [0.25, 0.3) is 0 Å². The van der Waals surface area contributed by atoms with Gasteiger partial charge < -0.3 is 20.8 Å². The number of benzene rings is 1. The standard InChI is InChI=1S/C11H12N2O5/c1-5(14)12-9-7(11(17)18)3-4-8(16)10(9)13-6(2)15/h3-4,16H,1-2H3,(H,12,14)(H,13,15)(H,17,18). The highest BCUT2D eigenvalue weighted by Gasteiger charge is 2.19. The fourth-order valence-corrected chi connectivity index (χ4v) is 1.38. The molecule has 7 heteroatoms. The van der Waals surface area contributed by atoms with E-state index in [-0.39, 0.29) is 22.7 Å². The van der Waals surface area contributed by atoms with Crippen LogP contribution >= 0.6 is 0 Å². The van der Waals surface area contributed by atoms with Gasteiger partial charge in [0.25, 0.3) is 0 Å². The van der Waals surface area contributed by atoms with Crippen molar-refractivity contribution in [3.63, 3.8) is 0 Å². The summed E-state index contributed by atoms with van der Waals surface area (Å²) in [5.74, 6) is -2.64. The first-order chi connectivity index (χ1) is 8.32. The number of nitrogens with one attached hydrogen (secondary N) is 2. The first-order valence-electron chi connectivity index (χ1n) is 4.97. The summed E-state index contributed by atoms with van der Waals surface area (Å²) in [6, 6.07) is 2.26. The van der Waals surface area contributed by atoms with Gasteiger partial charge in [0.05, 0.1) is 11.3 Å². The molecule has 0 spiro atoms. The number of aromatic hydroxyl groups is 1. The van der Waals surface area contributed by atoms with E-state index in [0.29, 0.717) is 0 Å². The molecule has 0 saturated carbocycles. The smallest absolute Gasteiger partial charge is 0.337 e. The number of carbonyl (C=O) groups is 3. The first kappa shape index (κ1) is 13.5. The maximum Gasteiger partial charge on any atom is 0.337 e. The van der Waals surface area contributed by atoms with Crippen LogP contribution in [0.3, 0.4) is 0 Å². The molecule has 1 aromatic carbocycles. The number of aromatic carboxylic acids is 1. The molecule has 7 nitrogen and oxygen atoms in total. The number of carboxylic acids is 1. The van der Waals surface area contributed by atoms with E-state index in [4.69, 9.17) is 5.11 Å². The number of phenols is 1. The zero-order chi connectivity index (χ0) is 13.9. The minimum absolute atomic E-state index is 0.141. The SMILES string of the molecule is CC(=O)Nc1c(O)ccc(C(=O)O)c1NC(C)=O. The van der Waals surface area contributed by atoms with Crippen molar-refractivity contribution in [1.29, 1.82) is 0 Å². The zero-order valence-electron chi connectivity index (χ0n) is 9.77. The Bertz CT molecular complexity index is 524. The fraction of sp³-hybridized carbons (Fsp3) is 0.182. The number of hydrogen-bond acceptors (Lipinski definition) is 4. The van der Waals surface area contributed by atoms with Gasteiger partial charge in [-0.1, -0.05) is 0 Å². The summed E-state index contributed by atoms with van der Waals surface area (Å²) in [7, 11) is 0. The molecule has 0 aliphatic heterocycles. The second kappa shape index (κ2) is 5.17. The minimum atomic E-state index is -1.29. The molecular weight excluding hydrogens is 240 g/mol. The Hall–Kier alpha value is -2.57. The average molecular weight is 252 g/mol. The predicted molar refractivity (Wildman–Crippen MR) is 63.7 cm³/mol. The summed E-state index contributed by atoms with van der Waals surface area (Å²) in [6.07, 6.45) is 0. The molecule has 0 fully saturated rings. The molecule has 0 unspecified atom stereocenters. The molecule has 96 valence electrons. The number of anilines is 2.